The van der Waals surface area contributed by atoms with Gasteiger partial charge in [0.2, 0.25) is 5.92 Å². The summed E-state index contributed by atoms with van der Waals surface area (Å²) in [6, 6.07) is 3.70. The minimum absolute atomic E-state index is 0.0412. The van der Waals surface area contributed by atoms with Gasteiger partial charge in [-0.2, -0.15) is 18.3 Å². The fourth-order valence-corrected chi connectivity index (χ4v) is 5.06. The van der Waals surface area contributed by atoms with Crippen molar-refractivity contribution in [2.24, 2.45) is 13.0 Å². The Hall–Kier alpha value is -3.50. The van der Waals surface area contributed by atoms with Crippen molar-refractivity contribution in [2.45, 2.75) is 57.8 Å². The van der Waals surface area contributed by atoms with Crippen molar-refractivity contribution in [3.8, 4) is 22.3 Å². The molecule has 0 radical (unpaired) electrons. The van der Waals surface area contributed by atoms with Crippen molar-refractivity contribution in [1.29, 1.82) is 0 Å². The molecule has 1 fully saturated rings. The topological polar surface area (TPSA) is 57.6 Å². The Morgan fingerprint density at radius 3 is 2.43 bits per heavy atom. The maximum atomic E-state index is 13.7. The molecule has 0 bridgehead atoms. The van der Waals surface area contributed by atoms with E-state index in [0.29, 0.717) is 41.6 Å². The first-order valence-corrected chi connectivity index (χ1v) is 12.0. The average Bonchev–Trinajstić information content (AvgIpc) is 3.41. The molecule has 1 saturated carbocycles. The molecule has 0 unspecified atom stereocenters. The number of alkyl halides is 5. The Balaban J connectivity index is 1.57. The fraction of sp³-hybridized carbons (Fsp3) is 0.423. The van der Waals surface area contributed by atoms with Gasteiger partial charge in [0, 0.05) is 79.0 Å². The minimum atomic E-state index is -4.40. The number of fused-ring (bicyclic) bond motifs is 1. The van der Waals surface area contributed by atoms with Crippen LogP contribution in [0.1, 0.15) is 31.2 Å². The van der Waals surface area contributed by atoms with E-state index in [1.165, 1.54) is 17.0 Å². The second-order valence-corrected chi connectivity index (χ2v) is 9.96. The molecule has 37 heavy (non-hydrogen) atoms. The van der Waals surface area contributed by atoms with E-state index in [1.54, 1.807) is 32.4 Å². The number of hydrogen-bond acceptors (Lipinski definition) is 3. The van der Waals surface area contributed by atoms with Gasteiger partial charge in [-0.25, -0.2) is 8.78 Å². The van der Waals surface area contributed by atoms with Gasteiger partial charge < -0.3 is 9.13 Å². The van der Waals surface area contributed by atoms with Crippen LogP contribution in [0.25, 0.3) is 33.3 Å². The molecule has 4 aromatic heterocycles. The monoisotopic (exact) mass is 519 g/mol. The van der Waals surface area contributed by atoms with Crippen LogP contribution in [-0.2, 0) is 20.1 Å². The second-order valence-electron chi connectivity index (χ2n) is 9.96. The van der Waals surface area contributed by atoms with Crippen molar-refractivity contribution < 1.29 is 22.0 Å². The second kappa shape index (κ2) is 9.11. The third kappa shape index (κ3) is 5.30. The molecule has 0 aliphatic heterocycles. The van der Waals surface area contributed by atoms with Crippen molar-refractivity contribution in [3.05, 3.63) is 59.0 Å². The number of rotatable bonds is 5. The molecule has 0 aromatic carbocycles. The highest BCUT2D eigenvalue weighted by Gasteiger charge is 2.35. The number of hydrogen-bond donors (Lipinski definition) is 0. The lowest BCUT2D eigenvalue weighted by molar-refractivity contribution is -0.142. The Labute approximate surface area is 209 Å². The summed E-state index contributed by atoms with van der Waals surface area (Å²) in [6.45, 7) is 1.02. The van der Waals surface area contributed by atoms with E-state index < -0.39 is 18.6 Å². The van der Waals surface area contributed by atoms with Crippen LogP contribution in [0.3, 0.4) is 0 Å². The highest BCUT2D eigenvalue weighted by atomic mass is 19.4. The normalized spacial score (nSPS) is 16.5. The number of pyridine rings is 2. The molecule has 0 N–H and O–H groups in total. The quantitative estimate of drug-likeness (QED) is 0.306. The molecule has 0 atom stereocenters. The van der Waals surface area contributed by atoms with Crippen molar-refractivity contribution in [1.82, 2.24) is 23.9 Å². The summed E-state index contributed by atoms with van der Waals surface area (Å²) in [5.41, 5.74) is 4.45. The first kappa shape index (κ1) is 25.2. The molecule has 1 aliphatic carbocycles. The van der Waals surface area contributed by atoms with Gasteiger partial charge in [0.05, 0.1) is 17.2 Å². The lowest BCUT2D eigenvalue weighted by Gasteiger charge is -2.28. The maximum absolute atomic E-state index is 13.7. The Kier molecular flexibility index (Phi) is 6.19. The first-order valence-electron chi connectivity index (χ1n) is 12.0. The van der Waals surface area contributed by atoms with E-state index in [-0.39, 0.29) is 24.3 Å². The summed E-state index contributed by atoms with van der Waals surface area (Å²) < 4.78 is 70.3. The van der Waals surface area contributed by atoms with E-state index in [1.807, 2.05) is 16.8 Å². The zero-order chi connectivity index (χ0) is 26.5. The van der Waals surface area contributed by atoms with Crippen molar-refractivity contribution >= 4 is 11.0 Å². The van der Waals surface area contributed by atoms with E-state index >= 15 is 0 Å². The summed E-state index contributed by atoms with van der Waals surface area (Å²) in [4.78, 5) is 16.8. The van der Waals surface area contributed by atoms with Crippen molar-refractivity contribution in [2.75, 3.05) is 0 Å². The molecule has 0 spiro atoms. The van der Waals surface area contributed by atoms with Crippen LogP contribution in [-0.4, -0.2) is 36.0 Å². The van der Waals surface area contributed by atoms with Gasteiger partial charge in [-0.15, -0.1) is 0 Å². The smallest absolute Gasteiger partial charge is 0.345 e. The zero-order valence-electron chi connectivity index (χ0n) is 20.4. The molecule has 0 saturated heterocycles. The predicted octanol–water partition coefficient (Wildman–Crippen LogP) is 5.96. The van der Waals surface area contributed by atoms with E-state index in [9.17, 15) is 26.7 Å². The lowest BCUT2D eigenvalue weighted by atomic mass is 9.87. The van der Waals surface area contributed by atoms with Gasteiger partial charge in [-0.1, -0.05) is 0 Å². The Bertz CT molecular complexity index is 1480. The molecule has 4 aromatic rings. The molecule has 1 aliphatic rings. The molecule has 11 heteroatoms. The van der Waals surface area contributed by atoms with Gasteiger partial charge in [-0.05, 0) is 37.8 Å². The SMILES string of the molecule is Cc1cc(-c2cnc3c(-c4cnn(CC(F)(F)F)c4)cn(CC4CCC(F)(F)CC4)c3c2)cn(C)c1=O. The molecule has 196 valence electrons. The van der Waals surface area contributed by atoms with Crippen LogP contribution in [0.2, 0.25) is 0 Å². The van der Waals surface area contributed by atoms with Crippen LogP contribution in [0.5, 0.6) is 0 Å². The first-order chi connectivity index (χ1) is 17.4. The molecule has 4 heterocycles. The Morgan fingerprint density at radius 1 is 1.03 bits per heavy atom. The number of aromatic nitrogens is 5. The van der Waals surface area contributed by atoms with E-state index in [2.05, 4.69) is 10.1 Å². The lowest BCUT2D eigenvalue weighted by Crippen LogP contribution is -2.26. The number of aryl methyl sites for hydroxylation is 2. The summed E-state index contributed by atoms with van der Waals surface area (Å²) in [6.07, 6.45) is 3.96. The molecule has 6 nitrogen and oxygen atoms in total. The van der Waals surface area contributed by atoms with Crippen LogP contribution in [0.4, 0.5) is 22.0 Å². The maximum Gasteiger partial charge on any atom is 0.408 e. The van der Waals surface area contributed by atoms with E-state index in [4.69, 9.17) is 0 Å². The molecule has 5 rings (SSSR count). The van der Waals surface area contributed by atoms with Crippen LogP contribution in [0.15, 0.2) is 47.9 Å². The zero-order valence-corrected chi connectivity index (χ0v) is 20.4. The summed E-state index contributed by atoms with van der Waals surface area (Å²) in [7, 11) is 1.67. The molecule has 0 amide bonds. The van der Waals surface area contributed by atoms with Gasteiger partial charge in [0.15, 0.2) is 0 Å². The van der Waals surface area contributed by atoms with Crippen molar-refractivity contribution in [3.63, 3.8) is 0 Å². The van der Waals surface area contributed by atoms with Gasteiger partial charge in [-0.3, -0.25) is 14.5 Å². The highest BCUT2D eigenvalue weighted by Crippen LogP contribution is 2.38. The third-order valence-electron chi connectivity index (χ3n) is 6.99. The Morgan fingerprint density at radius 2 is 1.76 bits per heavy atom. The predicted molar refractivity (Wildman–Crippen MR) is 129 cm³/mol. The standard InChI is InChI=1S/C26H26F5N5O/c1-16-7-19(12-34(2)24(16)37)18-8-22-23(32-9-18)21(20-10-33-36(13-20)15-26(29,30)31)14-35(22)11-17-3-5-25(27,28)6-4-17/h7-10,12-14,17H,3-6,11,15H2,1-2H3. The fourth-order valence-electron chi connectivity index (χ4n) is 5.06. The summed E-state index contributed by atoms with van der Waals surface area (Å²) in [5.74, 6) is -2.59. The third-order valence-corrected chi connectivity index (χ3v) is 6.99. The summed E-state index contributed by atoms with van der Waals surface area (Å²) in [5, 5.41) is 3.86. The molecular formula is C26H26F5N5O. The van der Waals surface area contributed by atoms with Gasteiger partial charge in [0.1, 0.15) is 6.54 Å². The van der Waals surface area contributed by atoms with Crippen LogP contribution >= 0.6 is 0 Å². The van der Waals surface area contributed by atoms with Gasteiger partial charge in [0.25, 0.3) is 5.56 Å². The summed E-state index contributed by atoms with van der Waals surface area (Å²) >= 11 is 0. The number of halogens is 5. The van der Waals surface area contributed by atoms with Crippen LogP contribution < -0.4 is 5.56 Å². The number of nitrogens with zero attached hydrogens (tertiary/aromatic N) is 5. The average molecular weight is 520 g/mol. The van der Waals surface area contributed by atoms with Crippen LogP contribution in [0, 0.1) is 12.8 Å². The largest absolute Gasteiger partial charge is 0.408 e. The molecular weight excluding hydrogens is 493 g/mol. The minimum Gasteiger partial charge on any atom is -0.345 e. The highest BCUT2D eigenvalue weighted by molar-refractivity contribution is 5.94. The van der Waals surface area contributed by atoms with Gasteiger partial charge >= 0.3 is 6.18 Å². The van der Waals surface area contributed by atoms with E-state index in [0.717, 1.165) is 21.3 Å².